The van der Waals surface area contributed by atoms with Gasteiger partial charge in [0.05, 0.1) is 5.69 Å². The van der Waals surface area contributed by atoms with Gasteiger partial charge in [0.2, 0.25) is 0 Å². The molecule has 1 aliphatic rings. The van der Waals surface area contributed by atoms with Crippen molar-refractivity contribution in [1.29, 1.82) is 0 Å². The number of rotatable bonds is 6. The van der Waals surface area contributed by atoms with Gasteiger partial charge in [-0.3, -0.25) is 4.68 Å². The third-order valence-corrected chi connectivity index (χ3v) is 4.47. The van der Waals surface area contributed by atoms with Crippen LogP contribution in [0.25, 0.3) is 0 Å². The van der Waals surface area contributed by atoms with Gasteiger partial charge in [-0.1, -0.05) is 26.2 Å². The SMILES string of the molecule is CCc1c(C)nn(CCCNC2CCCCC2)c1C. The highest BCUT2D eigenvalue weighted by Gasteiger charge is 2.12. The van der Waals surface area contributed by atoms with Gasteiger partial charge in [0.15, 0.2) is 0 Å². The maximum Gasteiger partial charge on any atom is 0.0628 e. The largest absolute Gasteiger partial charge is 0.314 e. The highest BCUT2D eigenvalue weighted by atomic mass is 15.3. The van der Waals surface area contributed by atoms with Crippen molar-refractivity contribution >= 4 is 0 Å². The minimum Gasteiger partial charge on any atom is -0.314 e. The first-order valence-corrected chi connectivity index (χ1v) is 7.98. The van der Waals surface area contributed by atoms with Gasteiger partial charge in [0.25, 0.3) is 0 Å². The van der Waals surface area contributed by atoms with Crippen LogP contribution >= 0.6 is 0 Å². The van der Waals surface area contributed by atoms with E-state index < -0.39 is 0 Å². The Morgan fingerprint density at radius 3 is 2.58 bits per heavy atom. The van der Waals surface area contributed by atoms with Gasteiger partial charge in [0, 0.05) is 18.3 Å². The molecule has 1 aromatic rings. The molecule has 1 N–H and O–H groups in total. The molecule has 19 heavy (non-hydrogen) atoms. The summed E-state index contributed by atoms with van der Waals surface area (Å²) >= 11 is 0. The molecule has 0 saturated heterocycles. The van der Waals surface area contributed by atoms with E-state index in [9.17, 15) is 0 Å². The summed E-state index contributed by atoms with van der Waals surface area (Å²) < 4.78 is 2.19. The maximum atomic E-state index is 4.65. The van der Waals surface area contributed by atoms with Crippen molar-refractivity contribution in [2.45, 2.75) is 78.3 Å². The average molecular weight is 263 g/mol. The number of hydrogen-bond acceptors (Lipinski definition) is 2. The van der Waals surface area contributed by atoms with E-state index in [-0.39, 0.29) is 0 Å². The first-order valence-electron chi connectivity index (χ1n) is 7.98. The lowest BCUT2D eigenvalue weighted by atomic mass is 9.95. The van der Waals surface area contributed by atoms with Crippen molar-refractivity contribution in [2.24, 2.45) is 0 Å². The quantitative estimate of drug-likeness (QED) is 0.797. The Kier molecular flexibility index (Phi) is 5.44. The number of nitrogens with zero attached hydrogens (tertiary/aromatic N) is 2. The summed E-state index contributed by atoms with van der Waals surface area (Å²) in [6.45, 7) is 8.72. The smallest absolute Gasteiger partial charge is 0.0628 e. The Morgan fingerprint density at radius 1 is 1.21 bits per heavy atom. The lowest BCUT2D eigenvalue weighted by Crippen LogP contribution is -2.32. The summed E-state index contributed by atoms with van der Waals surface area (Å²) in [5.41, 5.74) is 4.00. The monoisotopic (exact) mass is 263 g/mol. The van der Waals surface area contributed by atoms with Gasteiger partial charge < -0.3 is 5.32 Å². The van der Waals surface area contributed by atoms with Crippen LogP contribution in [0.1, 0.15) is 62.4 Å². The van der Waals surface area contributed by atoms with Crippen molar-refractivity contribution in [3.8, 4) is 0 Å². The fraction of sp³-hybridized carbons (Fsp3) is 0.812. The van der Waals surface area contributed by atoms with Crippen LogP contribution in [0, 0.1) is 13.8 Å². The minimum absolute atomic E-state index is 0.778. The predicted molar refractivity (Wildman–Crippen MR) is 80.6 cm³/mol. The summed E-state index contributed by atoms with van der Waals surface area (Å²) in [5, 5.41) is 8.36. The minimum atomic E-state index is 0.778. The van der Waals surface area contributed by atoms with E-state index in [1.54, 1.807) is 0 Å². The lowest BCUT2D eigenvalue weighted by Gasteiger charge is -2.22. The zero-order valence-corrected chi connectivity index (χ0v) is 12.8. The molecule has 2 rings (SSSR count). The summed E-state index contributed by atoms with van der Waals surface area (Å²) in [6.07, 6.45) is 9.28. The number of aromatic nitrogens is 2. The van der Waals surface area contributed by atoms with Gasteiger partial charge in [-0.05, 0) is 51.6 Å². The predicted octanol–water partition coefficient (Wildman–Crippen LogP) is 3.37. The molecular formula is C16H29N3. The van der Waals surface area contributed by atoms with E-state index in [2.05, 4.69) is 35.9 Å². The van der Waals surface area contributed by atoms with Crippen molar-refractivity contribution in [3.05, 3.63) is 17.0 Å². The second-order valence-corrected chi connectivity index (χ2v) is 5.87. The van der Waals surface area contributed by atoms with Crippen molar-refractivity contribution in [3.63, 3.8) is 0 Å². The number of nitrogens with one attached hydrogen (secondary N) is 1. The van der Waals surface area contributed by atoms with Gasteiger partial charge >= 0.3 is 0 Å². The third kappa shape index (κ3) is 3.82. The van der Waals surface area contributed by atoms with Crippen molar-refractivity contribution < 1.29 is 0 Å². The van der Waals surface area contributed by atoms with E-state index >= 15 is 0 Å². The van der Waals surface area contributed by atoms with Gasteiger partial charge in [-0.25, -0.2) is 0 Å². The van der Waals surface area contributed by atoms with Crippen LogP contribution in [0.15, 0.2) is 0 Å². The average Bonchev–Trinajstić information content (AvgIpc) is 2.70. The highest BCUT2D eigenvalue weighted by Crippen LogP contribution is 2.17. The standard InChI is InChI=1S/C16H29N3/c1-4-16-13(2)18-19(14(16)3)12-8-11-17-15-9-6-5-7-10-15/h15,17H,4-12H2,1-3H3. The molecule has 1 saturated carbocycles. The fourth-order valence-electron chi connectivity index (χ4n) is 3.31. The van der Waals surface area contributed by atoms with Crippen molar-refractivity contribution in [2.75, 3.05) is 6.54 Å². The Bertz CT molecular complexity index is 389. The molecule has 0 spiro atoms. The molecule has 0 unspecified atom stereocenters. The first-order chi connectivity index (χ1) is 9.22. The van der Waals surface area contributed by atoms with Crippen LogP contribution in [0.3, 0.4) is 0 Å². The molecule has 1 aromatic heterocycles. The number of aryl methyl sites for hydroxylation is 2. The lowest BCUT2D eigenvalue weighted by molar-refractivity contribution is 0.367. The van der Waals surface area contributed by atoms with E-state index in [1.165, 1.54) is 55.5 Å². The van der Waals surface area contributed by atoms with Crippen LogP contribution in [-0.4, -0.2) is 22.4 Å². The molecule has 108 valence electrons. The summed E-state index contributed by atoms with van der Waals surface area (Å²) in [4.78, 5) is 0. The maximum absolute atomic E-state index is 4.65. The van der Waals surface area contributed by atoms with E-state index in [1.807, 2.05) is 0 Å². The Balaban J connectivity index is 1.73. The molecule has 0 aromatic carbocycles. The van der Waals surface area contributed by atoms with E-state index in [0.717, 1.165) is 25.6 Å². The van der Waals surface area contributed by atoms with Gasteiger partial charge in [-0.2, -0.15) is 5.10 Å². The Hall–Kier alpha value is -0.830. The summed E-state index contributed by atoms with van der Waals surface area (Å²) in [6, 6.07) is 0.778. The topological polar surface area (TPSA) is 29.9 Å². The molecule has 3 nitrogen and oxygen atoms in total. The second-order valence-electron chi connectivity index (χ2n) is 5.87. The van der Waals surface area contributed by atoms with Crippen LogP contribution in [0.2, 0.25) is 0 Å². The van der Waals surface area contributed by atoms with Gasteiger partial charge in [-0.15, -0.1) is 0 Å². The molecule has 1 aliphatic carbocycles. The normalized spacial score (nSPS) is 17.0. The third-order valence-electron chi connectivity index (χ3n) is 4.47. The molecule has 0 bridgehead atoms. The van der Waals surface area contributed by atoms with E-state index in [4.69, 9.17) is 0 Å². The Labute approximate surface area is 117 Å². The molecule has 1 fully saturated rings. The van der Waals surface area contributed by atoms with Gasteiger partial charge in [0.1, 0.15) is 0 Å². The second kappa shape index (κ2) is 7.09. The first kappa shape index (κ1) is 14.6. The van der Waals surface area contributed by atoms with Crippen LogP contribution in [-0.2, 0) is 13.0 Å². The molecule has 1 heterocycles. The zero-order chi connectivity index (χ0) is 13.7. The molecule has 0 aliphatic heterocycles. The van der Waals surface area contributed by atoms with E-state index in [0.29, 0.717) is 0 Å². The molecule has 0 radical (unpaired) electrons. The van der Waals surface area contributed by atoms with Crippen LogP contribution < -0.4 is 5.32 Å². The van der Waals surface area contributed by atoms with Crippen LogP contribution in [0.5, 0.6) is 0 Å². The molecule has 0 amide bonds. The zero-order valence-electron chi connectivity index (χ0n) is 12.8. The van der Waals surface area contributed by atoms with Crippen molar-refractivity contribution in [1.82, 2.24) is 15.1 Å². The summed E-state index contributed by atoms with van der Waals surface area (Å²) in [7, 11) is 0. The van der Waals surface area contributed by atoms with Crippen LogP contribution in [0.4, 0.5) is 0 Å². The highest BCUT2D eigenvalue weighted by molar-refractivity contribution is 5.24. The molecular weight excluding hydrogens is 234 g/mol. The number of hydrogen-bond donors (Lipinski definition) is 1. The molecule has 0 atom stereocenters. The fourth-order valence-corrected chi connectivity index (χ4v) is 3.31. The molecule has 3 heteroatoms. The summed E-state index contributed by atoms with van der Waals surface area (Å²) in [5.74, 6) is 0. The Morgan fingerprint density at radius 2 is 1.95 bits per heavy atom.